The second kappa shape index (κ2) is 41.4. The van der Waals surface area contributed by atoms with Gasteiger partial charge in [0.05, 0.1) is 13.2 Å². The van der Waals surface area contributed by atoms with Gasteiger partial charge in [-0.15, -0.1) is 0 Å². The summed E-state index contributed by atoms with van der Waals surface area (Å²) in [6.45, 7) is 17.7. The molecule has 0 spiro atoms. The molecule has 1 atom stereocenters. The lowest BCUT2D eigenvalue weighted by Crippen LogP contribution is -2.33. The normalized spacial score (nSPS) is 13.7. The molecular formula is C53H102N2O5. The molecule has 1 aliphatic heterocycles. The van der Waals surface area contributed by atoms with Crippen molar-refractivity contribution in [2.75, 3.05) is 45.9 Å². The zero-order chi connectivity index (χ0) is 43.7. The quantitative estimate of drug-likeness (QED) is 0.0449. The van der Waals surface area contributed by atoms with E-state index in [1.807, 2.05) is 0 Å². The fraction of sp³-hybridized carbons (Fsp3) is 0.943. The van der Waals surface area contributed by atoms with Crippen molar-refractivity contribution in [3.63, 3.8) is 0 Å². The summed E-state index contributed by atoms with van der Waals surface area (Å²) in [7, 11) is 0. The first-order valence-electron chi connectivity index (χ1n) is 26.6. The van der Waals surface area contributed by atoms with Crippen LogP contribution >= 0.6 is 0 Å². The van der Waals surface area contributed by atoms with Gasteiger partial charge in [0, 0.05) is 32.4 Å². The molecule has 0 aromatic rings. The van der Waals surface area contributed by atoms with Gasteiger partial charge in [0.2, 0.25) is 5.91 Å². The van der Waals surface area contributed by atoms with E-state index in [0.717, 1.165) is 121 Å². The third kappa shape index (κ3) is 34.9. The highest BCUT2D eigenvalue weighted by Crippen LogP contribution is 2.24. The second-order valence-electron chi connectivity index (χ2n) is 19.3. The fourth-order valence-electron chi connectivity index (χ4n) is 9.17. The lowest BCUT2D eigenvalue weighted by Gasteiger charge is -2.23. The second-order valence-corrected chi connectivity index (χ2v) is 19.3. The monoisotopic (exact) mass is 847 g/mol. The van der Waals surface area contributed by atoms with Crippen molar-refractivity contribution in [1.82, 2.24) is 9.80 Å². The smallest absolute Gasteiger partial charge is 0.305 e. The van der Waals surface area contributed by atoms with Gasteiger partial charge in [-0.3, -0.25) is 14.4 Å². The molecule has 7 heteroatoms. The molecule has 1 saturated heterocycles. The number of carbonyl (C=O) groups is 3. The Morgan fingerprint density at radius 2 is 0.883 bits per heavy atom. The molecule has 0 aliphatic carbocycles. The van der Waals surface area contributed by atoms with Gasteiger partial charge in [-0.25, -0.2) is 0 Å². The molecule has 1 aliphatic rings. The highest BCUT2D eigenvalue weighted by atomic mass is 16.5. The molecule has 0 bridgehead atoms. The maximum Gasteiger partial charge on any atom is 0.305 e. The molecule has 7 nitrogen and oxygen atoms in total. The van der Waals surface area contributed by atoms with Crippen molar-refractivity contribution < 1.29 is 23.9 Å². The predicted octanol–water partition coefficient (Wildman–Crippen LogP) is 14.8. The molecule has 0 aromatic heterocycles. The highest BCUT2D eigenvalue weighted by molar-refractivity contribution is 5.76. The van der Waals surface area contributed by atoms with E-state index in [1.54, 1.807) is 0 Å². The standard InChI is InChI=1S/C53H102N2O5/c1-6-9-18-32-49(33-19-10-7-2)36-29-46-59-52(57)39-21-14-12-16-23-44-55(51(56)38-28-43-54-41-25-26-42-54)45-24-17-13-15-22-40-53(58)60-47-30-37-50(34-20-11-8-3)35-27-31-48(4)5/h48-50H,6-47H2,1-5H3. The topological polar surface area (TPSA) is 76.1 Å². The third-order valence-electron chi connectivity index (χ3n) is 13.1. The van der Waals surface area contributed by atoms with Crippen LogP contribution in [0.3, 0.4) is 0 Å². The summed E-state index contributed by atoms with van der Waals surface area (Å²) in [5.41, 5.74) is 0. The number of hydrogen-bond acceptors (Lipinski definition) is 6. The van der Waals surface area contributed by atoms with Gasteiger partial charge in [-0.05, 0) is 108 Å². The maximum absolute atomic E-state index is 13.3. The van der Waals surface area contributed by atoms with Crippen molar-refractivity contribution in [1.29, 1.82) is 0 Å². The van der Waals surface area contributed by atoms with Gasteiger partial charge in [0.15, 0.2) is 0 Å². The minimum absolute atomic E-state index is 0.0335. The predicted molar refractivity (Wildman–Crippen MR) is 255 cm³/mol. The van der Waals surface area contributed by atoms with Crippen LogP contribution in [0.25, 0.3) is 0 Å². The van der Waals surface area contributed by atoms with Crippen LogP contribution in [-0.4, -0.2) is 73.6 Å². The first-order valence-corrected chi connectivity index (χ1v) is 26.6. The van der Waals surface area contributed by atoms with E-state index >= 15 is 0 Å². The molecule has 60 heavy (non-hydrogen) atoms. The maximum atomic E-state index is 13.3. The number of unbranched alkanes of at least 4 members (excludes halogenated alkanes) is 14. The number of rotatable bonds is 44. The first kappa shape index (κ1) is 56.4. The van der Waals surface area contributed by atoms with Crippen molar-refractivity contribution >= 4 is 17.8 Å². The number of nitrogens with zero attached hydrogens (tertiary/aromatic N) is 2. The molecule has 1 amide bonds. The van der Waals surface area contributed by atoms with E-state index < -0.39 is 0 Å². The minimum atomic E-state index is -0.0344. The molecule has 1 heterocycles. The van der Waals surface area contributed by atoms with E-state index in [9.17, 15) is 14.4 Å². The minimum Gasteiger partial charge on any atom is -0.466 e. The summed E-state index contributed by atoms with van der Waals surface area (Å²) >= 11 is 0. The lowest BCUT2D eigenvalue weighted by atomic mass is 9.90. The van der Waals surface area contributed by atoms with Gasteiger partial charge in [-0.2, -0.15) is 0 Å². The highest BCUT2D eigenvalue weighted by Gasteiger charge is 2.16. The van der Waals surface area contributed by atoms with Gasteiger partial charge >= 0.3 is 11.9 Å². The number of ether oxygens (including phenoxy) is 2. The van der Waals surface area contributed by atoms with E-state index in [4.69, 9.17) is 9.47 Å². The summed E-state index contributed by atoms with van der Waals surface area (Å²) in [6, 6.07) is 0. The Morgan fingerprint density at radius 3 is 1.33 bits per heavy atom. The van der Waals surface area contributed by atoms with Crippen molar-refractivity contribution in [2.24, 2.45) is 17.8 Å². The Balaban J connectivity index is 2.27. The number of esters is 2. The molecule has 1 fully saturated rings. The van der Waals surface area contributed by atoms with Crippen molar-refractivity contribution in [2.45, 2.75) is 259 Å². The summed E-state index contributed by atoms with van der Waals surface area (Å²) in [5.74, 6) is 2.60. The van der Waals surface area contributed by atoms with E-state index in [1.165, 1.54) is 135 Å². The van der Waals surface area contributed by atoms with Gasteiger partial charge < -0.3 is 19.3 Å². The zero-order valence-corrected chi connectivity index (χ0v) is 40.9. The van der Waals surface area contributed by atoms with Crippen LogP contribution in [0.1, 0.15) is 259 Å². The van der Waals surface area contributed by atoms with Crippen LogP contribution in [-0.2, 0) is 23.9 Å². The van der Waals surface area contributed by atoms with Crippen LogP contribution in [0.15, 0.2) is 0 Å². The summed E-state index contributed by atoms with van der Waals surface area (Å²) in [5, 5.41) is 0. The fourth-order valence-corrected chi connectivity index (χ4v) is 9.17. The van der Waals surface area contributed by atoms with E-state index in [2.05, 4.69) is 44.4 Å². The van der Waals surface area contributed by atoms with Crippen LogP contribution in [0.2, 0.25) is 0 Å². The average Bonchev–Trinajstić information content (AvgIpc) is 3.75. The van der Waals surface area contributed by atoms with Crippen molar-refractivity contribution in [3.8, 4) is 0 Å². The van der Waals surface area contributed by atoms with Crippen LogP contribution in [0, 0.1) is 17.8 Å². The number of amides is 1. The largest absolute Gasteiger partial charge is 0.466 e. The van der Waals surface area contributed by atoms with Crippen LogP contribution in [0.4, 0.5) is 0 Å². The zero-order valence-electron chi connectivity index (χ0n) is 40.9. The molecule has 354 valence electrons. The molecule has 0 radical (unpaired) electrons. The summed E-state index contributed by atoms with van der Waals surface area (Å²) in [4.78, 5) is 42.8. The van der Waals surface area contributed by atoms with Gasteiger partial charge in [0.1, 0.15) is 0 Å². The van der Waals surface area contributed by atoms with Gasteiger partial charge in [0.25, 0.3) is 0 Å². The molecule has 0 saturated carbocycles. The molecule has 1 rings (SSSR count). The Morgan fingerprint density at radius 1 is 0.467 bits per heavy atom. The molecule has 0 N–H and O–H groups in total. The SMILES string of the molecule is CCCCCC(CCCCC)CCCOC(=O)CCCCCCCN(CCCCCCCC(=O)OCCCC(CCCCC)CCCC(C)C)C(=O)CCCN1CCCC1. The molecule has 1 unspecified atom stereocenters. The summed E-state index contributed by atoms with van der Waals surface area (Å²) < 4.78 is 11.2. The van der Waals surface area contributed by atoms with Gasteiger partial charge in [-0.1, -0.05) is 169 Å². The molecular weight excluding hydrogens is 745 g/mol. The Bertz CT molecular complexity index is 972. The summed E-state index contributed by atoms with van der Waals surface area (Å²) in [6.07, 6.45) is 39.7. The third-order valence-corrected chi connectivity index (χ3v) is 13.1. The van der Waals surface area contributed by atoms with E-state index in [0.29, 0.717) is 38.4 Å². The van der Waals surface area contributed by atoms with Crippen LogP contribution < -0.4 is 0 Å². The number of hydrogen-bond donors (Lipinski definition) is 0. The molecule has 0 aromatic carbocycles. The number of carbonyl (C=O) groups excluding carboxylic acids is 3. The Kier molecular flexibility index (Phi) is 38.9. The Labute approximate surface area is 373 Å². The average molecular weight is 847 g/mol. The van der Waals surface area contributed by atoms with Crippen LogP contribution in [0.5, 0.6) is 0 Å². The number of likely N-dealkylation sites (tertiary alicyclic amines) is 1. The lowest BCUT2D eigenvalue weighted by molar-refractivity contribution is -0.144. The van der Waals surface area contributed by atoms with E-state index in [-0.39, 0.29) is 11.9 Å². The first-order chi connectivity index (χ1) is 29.3. The Hall–Kier alpha value is -1.63. The van der Waals surface area contributed by atoms with Crippen molar-refractivity contribution in [3.05, 3.63) is 0 Å².